The van der Waals surface area contributed by atoms with Crippen molar-refractivity contribution in [1.29, 1.82) is 0 Å². The predicted octanol–water partition coefficient (Wildman–Crippen LogP) is 4.65. The summed E-state index contributed by atoms with van der Waals surface area (Å²) in [6, 6.07) is 0. The van der Waals surface area contributed by atoms with Crippen LogP contribution in [0.15, 0.2) is 36.5 Å². The summed E-state index contributed by atoms with van der Waals surface area (Å²) < 4.78 is 0. The van der Waals surface area contributed by atoms with E-state index in [9.17, 15) is 0 Å². The van der Waals surface area contributed by atoms with Gasteiger partial charge in [0.1, 0.15) is 0 Å². The molecular formula is C14H22. The second kappa shape index (κ2) is 4.63. The molecule has 14 heavy (non-hydrogen) atoms. The third-order valence-electron chi connectivity index (χ3n) is 3.49. The third-order valence-corrected chi connectivity index (χ3v) is 3.49. The van der Waals surface area contributed by atoms with E-state index < -0.39 is 0 Å². The Labute approximate surface area is 88.4 Å². The summed E-state index contributed by atoms with van der Waals surface area (Å²) in [5, 5.41) is 0. The highest BCUT2D eigenvalue weighted by Crippen LogP contribution is 2.42. The van der Waals surface area contributed by atoms with Gasteiger partial charge in [-0.25, -0.2) is 0 Å². The van der Waals surface area contributed by atoms with Crippen molar-refractivity contribution in [2.45, 2.75) is 46.0 Å². The second-order valence-electron chi connectivity index (χ2n) is 4.56. The van der Waals surface area contributed by atoms with Crippen LogP contribution >= 0.6 is 0 Å². The summed E-state index contributed by atoms with van der Waals surface area (Å²) in [6.07, 6.45) is 11.3. The fourth-order valence-corrected chi connectivity index (χ4v) is 2.14. The highest BCUT2D eigenvalue weighted by Gasteiger charge is 2.28. The smallest absolute Gasteiger partial charge is 0.0118 e. The van der Waals surface area contributed by atoms with Gasteiger partial charge in [0.25, 0.3) is 0 Å². The zero-order valence-corrected chi connectivity index (χ0v) is 9.60. The Morgan fingerprint density at radius 1 is 1.29 bits per heavy atom. The van der Waals surface area contributed by atoms with Crippen LogP contribution in [-0.2, 0) is 0 Å². The van der Waals surface area contributed by atoms with Crippen LogP contribution in [0, 0.1) is 5.41 Å². The first-order valence-electron chi connectivity index (χ1n) is 5.64. The molecular weight excluding hydrogens is 168 g/mol. The molecule has 1 rings (SSSR count). The van der Waals surface area contributed by atoms with Crippen LogP contribution in [0.3, 0.4) is 0 Å². The monoisotopic (exact) mass is 190 g/mol. The molecule has 0 nitrogen and oxygen atoms in total. The summed E-state index contributed by atoms with van der Waals surface area (Å²) in [7, 11) is 0. The largest absolute Gasteiger partial charge is 0.0955 e. The van der Waals surface area contributed by atoms with Crippen LogP contribution in [0.5, 0.6) is 0 Å². The van der Waals surface area contributed by atoms with Gasteiger partial charge in [0, 0.05) is 0 Å². The highest BCUT2D eigenvalue weighted by atomic mass is 14.3. The van der Waals surface area contributed by atoms with Crippen LogP contribution in [0.2, 0.25) is 0 Å². The van der Waals surface area contributed by atoms with Crippen molar-refractivity contribution in [3.63, 3.8) is 0 Å². The Morgan fingerprint density at radius 3 is 2.29 bits per heavy atom. The summed E-state index contributed by atoms with van der Waals surface area (Å²) in [4.78, 5) is 0. The van der Waals surface area contributed by atoms with Crippen LogP contribution in [-0.4, -0.2) is 0 Å². The van der Waals surface area contributed by atoms with Gasteiger partial charge in [-0.3, -0.25) is 0 Å². The molecule has 0 aromatic carbocycles. The molecule has 0 heteroatoms. The van der Waals surface area contributed by atoms with Crippen LogP contribution in [0.25, 0.3) is 0 Å². The third kappa shape index (κ3) is 2.60. The average Bonchev–Trinajstić information content (AvgIpc) is 2.63. The van der Waals surface area contributed by atoms with E-state index in [-0.39, 0.29) is 0 Å². The summed E-state index contributed by atoms with van der Waals surface area (Å²) in [5.74, 6) is 0. The standard InChI is InChI=1S/C14H22/c1-5-14(9-6-7-10-14)11-8-13(4)12(2)3/h8,11H,2,4-7,9-10H2,1,3H3/b11-8-. The van der Waals surface area contributed by atoms with Gasteiger partial charge in [0.15, 0.2) is 0 Å². The Kier molecular flexibility index (Phi) is 3.74. The Bertz CT molecular complexity index is 249. The first-order valence-corrected chi connectivity index (χ1v) is 5.64. The molecule has 0 atom stereocenters. The summed E-state index contributed by atoms with van der Waals surface area (Å²) in [5.41, 5.74) is 2.62. The van der Waals surface area contributed by atoms with E-state index >= 15 is 0 Å². The van der Waals surface area contributed by atoms with Gasteiger partial charge in [-0.2, -0.15) is 0 Å². The Balaban J connectivity index is 2.64. The first kappa shape index (κ1) is 11.3. The molecule has 0 heterocycles. The van der Waals surface area contributed by atoms with Crippen molar-refractivity contribution >= 4 is 0 Å². The lowest BCUT2D eigenvalue weighted by atomic mass is 9.82. The van der Waals surface area contributed by atoms with Crippen LogP contribution < -0.4 is 0 Å². The number of allylic oxidation sites excluding steroid dienone is 4. The molecule has 0 saturated heterocycles. The van der Waals surface area contributed by atoms with E-state index in [1.807, 2.05) is 6.92 Å². The van der Waals surface area contributed by atoms with Gasteiger partial charge < -0.3 is 0 Å². The molecule has 0 spiro atoms. The van der Waals surface area contributed by atoms with Crippen LogP contribution in [0.4, 0.5) is 0 Å². The molecule has 0 aromatic heterocycles. The van der Waals surface area contributed by atoms with Gasteiger partial charge in [-0.15, -0.1) is 0 Å². The minimum Gasteiger partial charge on any atom is -0.0955 e. The van der Waals surface area contributed by atoms with Crippen molar-refractivity contribution < 1.29 is 0 Å². The SMILES string of the molecule is C=C(C)C(=C)/C=C\C1(CC)CCCC1. The van der Waals surface area contributed by atoms with E-state index in [0.717, 1.165) is 11.1 Å². The molecule has 78 valence electrons. The average molecular weight is 190 g/mol. The highest BCUT2D eigenvalue weighted by molar-refractivity contribution is 5.34. The van der Waals surface area contributed by atoms with Crippen molar-refractivity contribution in [2.24, 2.45) is 5.41 Å². The van der Waals surface area contributed by atoms with E-state index in [2.05, 4.69) is 32.2 Å². The van der Waals surface area contributed by atoms with Gasteiger partial charge in [-0.1, -0.05) is 50.6 Å². The molecule has 1 fully saturated rings. The van der Waals surface area contributed by atoms with E-state index in [4.69, 9.17) is 0 Å². The predicted molar refractivity (Wildman–Crippen MR) is 64.3 cm³/mol. The maximum Gasteiger partial charge on any atom is -0.0118 e. The lowest BCUT2D eigenvalue weighted by Gasteiger charge is -2.22. The number of rotatable bonds is 4. The van der Waals surface area contributed by atoms with Gasteiger partial charge in [0.05, 0.1) is 0 Å². The van der Waals surface area contributed by atoms with Crippen molar-refractivity contribution in [3.8, 4) is 0 Å². The minimum atomic E-state index is 0.471. The van der Waals surface area contributed by atoms with Crippen molar-refractivity contribution in [1.82, 2.24) is 0 Å². The number of hydrogen-bond donors (Lipinski definition) is 0. The zero-order chi connectivity index (χ0) is 10.6. The fourth-order valence-electron chi connectivity index (χ4n) is 2.14. The van der Waals surface area contributed by atoms with E-state index in [1.165, 1.54) is 32.1 Å². The maximum absolute atomic E-state index is 3.99. The molecule has 0 N–H and O–H groups in total. The molecule has 0 bridgehead atoms. The lowest BCUT2D eigenvalue weighted by molar-refractivity contribution is 0.381. The topological polar surface area (TPSA) is 0 Å². The summed E-state index contributed by atoms with van der Waals surface area (Å²) in [6.45, 7) is 12.2. The second-order valence-corrected chi connectivity index (χ2v) is 4.56. The molecule has 0 amide bonds. The van der Waals surface area contributed by atoms with E-state index in [1.54, 1.807) is 0 Å². The lowest BCUT2D eigenvalue weighted by Crippen LogP contribution is -2.10. The minimum absolute atomic E-state index is 0.471. The van der Waals surface area contributed by atoms with Gasteiger partial charge >= 0.3 is 0 Å². The fraction of sp³-hybridized carbons (Fsp3) is 0.571. The zero-order valence-electron chi connectivity index (χ0n) is 9.60. The van der Waals surface area contributed by atoms with Gasteiger partial charge in [0.2, 0.25) is 0 Å². The van der Waals surface area contributed by atoms with Crippen molar-refractivity contribution in [2.75, 3.05) is 0 Å². The molecule has 1 aliphatic rings. The Hall–Kier alpha value is -0.780. The summed E-state index contributed by atoms with van der Waals surface area (Å²) >= 11 is 0. The molecule has 0 unspecified atom stereocenters. The first-order chi connectivity index (χ1) is 6.59. The van der Waals surface area contributed by atoms with E-state index in [0.29, 0.717) is 5.41 Å². The number of hydrogen-bond acceptors (Lipinski definition) is 0. The molecule has 0 aromatic rings. The quantitative estimate of drug-likeness (QED) is 0.566. The van der Waals surface area contributed by atoms with Crippen molar-refractivity contribution in [3.05, 3.63) is 36.5 Å². The van der Waals surface area contributed by atoms with Gasteiger partial charge in [-0.05, 0) is 37.2 Å². The Morgan fingerprint density at radius 2 is 1.86 bits per heavy atom. The molecule has 1 aliphatic carbocycles. The molecule has 0 aliphatic heterocycles. The molecule has 0 radical (unpaired) electrons. The maximum atomic E-state index is 3.99. The molecule has 1 saturated carbocycles. The normalized spacial score (nSPS) is 20.1. The van der Waals surface area contributed by atoms with Crippen LogP contribution in [0.1, 0.15) is 46.0 Å².